The summed E-state index contributed by atoms with van der Waals surface area (Å²) in [6.45, 7) is 10.4. The monoisotopic (exact) mass is 227 g/mol. The van der Waals surface area contributed by atoms with Gasteiger partial charge in [-0.25, -0.2) is 0 Å². The Kier molecular flexibility index (Phi) is 3.06. The summed E-state index contributed by atoms with van der Waals surface area (Å²) in [5.41, 5.74) is -0.195. The molecule has 2 unspecified atom stereocenters. The van der Waals surface area contributed by atoms with Gasteiger partial charge in [-0.1, -0.05) is 0 Å². The summed E-state index contributed by atoms with van der Waals surface area (Å²) in [7, 11) is 0. The molecule has 0 aliphatic carbocycles. The third-order valence-corrected chi connectivity index (χ3v) is 4.51. The lowest BCUT2D eigenvalue weighted by atomic mass is 9.80. The maximum atomic E-state index is 10.2. The van der Waals surface area contributed by atoms with E-state index in [1.54, 1.807) is 5.06 Å². The predicted molar refractivity (Wildman–Crippen MR) is 63.4 cm³/mol. The lowest BCUT2D eigenvalue weighted by Crippen LogP contribution is -2.47. The summed E-state index contributed by atoms with van der Waals surface area (Å²) in [5.74, 6) is 1.27. The van der Waals surface area contributed by atoms with Crippen molar-refractivity contribution in [1.29, 1.82) is 0 Å². The van der Waals surface area contributed by atoms with E-state index in [2.05, 4.69) is 27.7 Å². The van der Waals surface area contributed by atoms with Gasteiger partial charge in [0.25, 0.3) is 0 Å². The molecule has 2 aliphatic heterocycles. The minimum atomic E-state index is -0.105. The largest absolute Gasteiger partial charge is 0.381 e. The summed E-state index contributed by atoms with van der Waals surface area (Å²) < 4.78 is 5.44. The Morgan fingerprint density at radius 2 is 2.00 bits per heavy atom. The van der Waals surface area contributed by atoms with E-state index >= 15 is 0 Å². The summed E-state index contributed by atoms with van der Waals surface area (Å²) in [6, 6.07) is 0. The summed E-state index contributed by atoms with van der Waals surface area (Å²) in [6.07, 6.45) is 3.46. The molecule has 3 heteroatoms. The number of hydroxylamine groups is 2. The van der Waals surface area contributed by atoms with Gasteiger partial charge >= 0.3 is 0 Å². The molecule has 2 saturated heterocycles. The van der Waals surface area contributed by atoms with Crippen LogP contribution in [-0.4, -0.2) is 34.6 Å². The molecule has 0 aromatic heterocycles. The molecule has 0 radical (unpaired) electrons. The third kappa shape index (κ3) is 2.01. The van der Waals surface area contributed by atoms with Gasteiger partial charge in [0.05, 0.1) is 0 Å². The van der Waals surface area contributed by atoms with Gasteiger partial charge in [-0.2, -0.15) is 5.06 Å². The van der Waals surface area contributed by atoms with E-state index in [4.69, 9.17) is 4.74 Å². The van der Waals surface area contributed by atoms with Gasteiger partial charge in [0, 0.05) is 24.3 Å². The fourth-order valence-electron chi connectivity index (χ4n) is 3.44. The van der Waals surface area contributed by atoms with Crippen molar-refractivity contribution < 1.29 is 9.94 Å². The molecule has 0 aromatic rings. The highest BCUT2D eigenvalue weighted by Gasteiger charge is 2.51. The second-order valence-electron chi connectivity index (χ2n) is 6.64. The average Bonchev–Trinajstić information content (AvgIpc) is 2.72. The number of ether oxygens (including phenoxy) is 1. The van der Waals surface area contributed by atoms with Crippen molar-refractivity contribution in [1.82, 2.24) is 5.06 Å². The highest BCUT2D eigenvalue weighted by Crippen LogP contribution is 2.46. The molecule has 0 saturated carbocycles. The minimum absolute atomic E-state index is 0.0897. The number of hydrogen-bond acceptors (Lipinski definition) is 3. The van der Waals surface area contributed by atoms with Crippen LogP contribution in [0, 0.1) is 11.8 Å². The van der Waals surface area contributed by atoms with Gasteiger partial charge in [0.2, 0.25) is 0 Å². The predicted octanol–water partition coefficient (Wildman–Crippen LogP) is 2.68. The first kappa shape index (κ1) is 12.3. The lowest BCUT2D eigenvalue weighted by Gasteiger charge is -2.36. The molecule has 2 fully saturated rings. The van der Waals surface area contributed by atoms with E-state index in [0.29, 0.717) is 11.8 Å². The standard InChI is InChI=1S/C13H25NO2/c1-12(2)8-11(13(3,4)14(12)15)7-10-5-6-16-9-10/h10-11,15H,5-9H2,1-4H3. The number of rotatable bonds is 2. The Hall–Kier alpha value is -0.120. The molecule has 2 atom stereocenters. The number of hydrogen-bond donors (Lipinski definition) is 1. The molecule has 94 valence electrons. The molecule has 0 aromatic carbocycles. The van der Waals surface area contributed by atoms with Gasteiger partial charge in [-0.15, -0.1) is 0 Å². The van der Waals surface area contributed by atoms with Crippen LogP contribution < -0.4 is 0 Å². The number of nitrogens with zero attached hydrogens (tertiary/aromatic N) is 1. The normalized spacial score (nSPS) is 38.1. The fourth-order valence-corrected chi connectivity index (χ4v) is 3.44. The van der Waals surface area contributed by atoms with E-state index in [1.165, 1.54) is 12.8 Å². The van der Waals surface area contributed by atoms with Crippen LogP contribution in [0.4, 0.5) is 0 Å². The Morgan fingerprint density at radius 3 is 2.44 bits per heavy atom. The van der Waals surface area contributed by atoms with Crippen molar-refractivity contribution >= 4 is 0 Å². The van der Waals surface area contributed by atoms with Crippen LogP contribution in [0.15, 0.2) is 0 Å². The molecular formula is C13H25NO2. The van der Waals surface area contributed by atoms with E-state index in [1.807, 2.05) is 0 Å². The second kappa shape index (κ2) is 3.97. The van der Waals surface area contributed by atoms with Gasteiger partial charge < -0.3 is 9.94 Å². The lowest BCUT2D eigenvalue weighted by molar-refractivity contribution is -0.197. The van der Waals surface area contributed by atoms with E-state index in [0.717, 1.165) is 19.6 Å². The van der Waals surface area contributed by atoms with E-state index < -0.39 is 0 Å². The van der Waals surface area contributed by atoms with Crippen LogP contribution in [-0.2, 0) is 4.74 Å². The van der Waals surface area contributed by atoms with Crippen LogP contribution in [0.2, 0.25) is 0 Å². The topological polar surface area (TPSA) is 32.7 Å². The smallest absolute Gasteiger partial charge is 0.0495 e. The summed E-state index contributed by atoms with van der Waals surface area (Å²) in [4.78, 5) is 0. The SMILES string of the molecule is CC1(C)CC(CC2CCOC2)C(C)(C)N1O. The zero-order valence-corrected chi connectivity index (χ0v) is 11.0. The molecule has 2 aliphatic rings. The van der Waals surface area contributed by atoms with Crippen molar-refractivity contribution in [3.8, 4) is 0 Å². The van der Waals surface area contributed by atoms with Crippen molar-refractivity contribution in [2.45, 2.75) is 58.0 Å². The van der Waals surface area contributed by atoms with Crippen LogP contribution in [0.3, 0.4) is 0 Å². The first-order valence-corrected chi connectivity index (χ1v) is 6.41. The van der Waals surface area contributed by atoms with Gasteiger partial charge in [0.15, 0.2) is 0 Å². The first-order valence-electron chi connectivity index (χ1n) is 6.41. The van der Waals surface area contributed by atoms with Gasteiger partial charge in [0.1, 0.15) is 0 Å². The highest BCUT2D eigenvalue weighted by atomic mass is 16.5. The molecule has 0 bridgehead atoms. The van der Waals surface area contributed by atoms with Crippen LogP contribution >= 0.6 is 0 Å². The summed E-state index contributed by atoms with van der Waals surface area (Å²) in [5, 5.41) is 11.8. The molecule has 0 spiro atoms. The molecule has 3 nitrogen and oxygen atoms in total. The van der Waals surface area contributed by atoms with E-state index in [9.17, 15) is 5.21 Å². The van der Waals surface area contributed by atoms with Crippen molar-refractivity contribution in [2.24, 2.45) is 11.8 Å². The molecular weight excluding hydrogens is 202 g/mol. The Morgan fingerprint density at radius 1 is 1.31 bits per heavy atom. The quantitative estimate of drug-likeness (QED) is 0.787. The molecule has 2 heterocycles. The minimum Gasteiger partial charge on any atom is -0.381 e. The summed E-state index contributed by atoms with van der Waals surface area (Å²) >= 11 is 0. The highest BCUT2D eigenvalue weighted by molar-refractivity contribution is 5.02. The molecule has 2 rings (SSSR count). The van der Waals surface area contributed by atoms with Gasteiger partial charge in [-0.3, -0.25) is 0 Å². The third-order valence-electron chi connectivity index (χ3n) is 4.51. The maximum absolute atomic E-state index is 10.2. The van der Waals surface area contributed by atoms with Gasteiger partial charge in [-0.05, 0) is 58.8 Å². The Bertz CT molecular complexity index is 257. The van der Waals surface area contributed by atoms with Crippen LogP contribution in [0.25, 0.3) is 0 Å². The molecule has 0 amide bonds. The molecule has 16 heavy (non-hydrogen) atoms. The Labute approximate surface area is 98.7 Å². The van der Waals surface area contributed by atoms with Crippen LogP contribution in [0.1, 0.15) is 47.0 Å². The second-order valence-corrected chi connectivity index (χ2v) is 6.64. The van der Waals surface area contributed by atoms with Crippen molar-refractivity contribution in [2.75, 3.05) is 13.2 Å². The average molecular weight is 227 g/mol. The Balaban J connectivity index is 2.04. The fraction of sp³-hybridized carbons (Fsp3) is 1.00. The maximum Gasteiger partial charge on any atom is 0.0495 e. The zero-order chi connectivity index (χ0) is 12.0. The molecule has 1 N–H and O–H groups in total. The first-order chi connectivity index (χ1) is 7.34. The van der Waals surface area contributed by atoms with Crippen molar-refractivity contribution in [3.63, 3.8) is 0 Å². The van der Waals surface area contributed by atoms with Crippen LogP contribution in [0.5, 0.6) is 0 Å². The van der Waals surface area contributed by atoms with Crippen molar-refractivity contribution in [3.05, 3.63) is 0 Å². The zero-order valence-electron chi connectivity index (χ0n) is 11.0. The van der Waals surface area contributed by atoms with E-state index in [-0.39, 0.29) is 11.1 Å².